The Morgan fingerprint density at radius 2 is 2.39 bits per heavy atom. The topological polar surface area (TPSA) is 66.5 Å². The molecule has 1 atom stereocenters. The van der Waals surface area contributed by atoms with E-state index in [-0.39, 0.29) is 6.04 Å². The van der Waals surface area contributed by atoms with E-state index in [2.05, 4.69) is 28.4 Å². The lowest BCUT2D eigenvalue weighted by atomic mass is 10.2. The quantitative estimate of drug-likeness (QED) is 0.918. The molecule has 1 N–H and O–H groups in total. The minimum atomic E-state index is 0.117. The molecule has 0 fully saturated rings. The standard InChI is InChI=1S/C12H15N5S/c1-4-10(12-14-5-6-18-12)15-11-9(7-13)8(2)16-17(11)3/h5-6,10,15H,4H2,1-3H3. The van der Waals surface area contributed by atoms with Gasteiger partial charge in [0.2, 0.25) is 0 Å². The molecule has 0 radical (unpaired) electrons. The van der Waals surface area contributed by atoms with E-state index in [1.54, 1.807) is 22.2 Å². The number of aryl methyl sites for hydroxylation is 2. The lowest BCUT2D eigenvalue weighted by Crippen LogP contribution is -2.13. The minimum Gasteiger partial charge on any atom is -0.360 e. The van der Waals surface area contributed by atoms with Gasteiger partial charge in [-0.15, -0.1) is 11.3 Å². The van der Waals surface area contributed by atoms with Gasteiger partial charge in [0.25, 0.3) is 0 Å². The molecule has 6 heteroatoms. The van der Waals surface area contributed by atoms with Crippen molar-refractivity contribution in [2.75, 3.05) is 5.32 Å². The third-order valence-corrected chi connectivity index (χ3v) is 3.69. The van der Waals surface area contributed by atoms with Gasteiger partial charge in [0.1, 0.15) is 22.5 Å². The third kappa shape index (κ3) is 2.22. The highest BCUT2D eigenvalue weighted by atomic mass is 32.1. The molecular formula is C12H15N5S. The molecule has 0 spiro atoms. The van der Waals surface area contributed by atoms with E-state index in [0.29, 0.717) is 5.56 Å². The van der Waals surface area contributed by atoms with Gasteiger partial charge >= 0.3 is 0 Å². The predicted molar refractivity (Wildman–Crippen MR) is 71.4 cm³/mol. The van der Waals surface area contributed by atoms with Crippen LogP contribution in [0.3, 0.4) is 0 Å². The summed E-state index contributed by atoms with van der Waals surface area (Å²) in [4.78, 5) is 4.32. The Labute approximate surface area is 110 Å². The second kappa shape index (κ2) is 5.19. The third-order valence-electron chi connectivity index (χ3n) is 2.80. The summed E-state index contributed by atoms with van der Waals surface area (Å²) in [6.45, 7) is 3.93. The van der Waals surface area contributed by atoms with Gasteiger partial charge in [-0.2, -0.15) is 10.4 Å². The average molecular weight is 261 g/mol. The molecule has 2 heterocycles. The fourth-order valence-corrected chi connectivity index (χ4v) is 2.64. The van der Waals surface area contributed by atoms with Gasteiger partial charge < -0.3 is 5.32 Å². The van der Waals surface area contributed by atoms with Crippen LogP contribution < -0.4 is 5.32 Å². The second-order valence-corrected chi connectivity index (χ2v) is 4.95. The van der Waals surface area contributed by atoms with Gasteiger partial charge in [-0.3, -0.25) is 4.68 Å². The maximum Gasteiger partial charge on any atom is 0.142 e. The number of aromatic nitrogens is 3. The lowest BCUT2D eigenvalue weighted by Gasteiger charge is -2.16. The second-order valence-electron chi connectivity index (χ2n) is 4.02. The van der Waals surface area contributed by atoms with Gasteiger partial charge in [-0.25, -0.2) is 4.98 Å². The number of nitrogens with zero attached hydrogens (tertiary/aromatic N) is 4. The summed E-state index contributed by atoms with van der Waals surface area (Å²) >= 11 is 1.61. The Kier molecular flexibility index (Phi) is 3.63. The van der Waals surface area contributed by atoms with Gasteiger partial charge in [0.15, 0.2) is 0 Å². The summed E-state index contributed by atoms with van der Waals surface area (Å²) in [6.07, 6.45) is 2.70. The first-order chi connectivity index (χ1) is 8.67. The Balaban J connectivity index is 2.31. The van der Waals surface area contributed by atoms with E-state index < -0.39 is 0 Å². The largest absolute Gasteiger partial charge is 0.360 e. The highest BCUT2D eigenvalue weighted by Crippen LogP contribution is 2.26. The van der Waals surface area contributed by atoms with Crippen molar-refractivity contribution in [1.82, 2.24) is 14.8 Å². The first-order valence-corrected chi connectivity index (χ1v) is 6.65. The molecule has 94 valence electrons. The van der Waals surface area contributed by atoms with E-state index in [4.69, 9.17) is 0 Å². The summed E-state index contributed by atoms with van der Waals surface area (Å²) in [5.41, 5.74) is 1.35. The average Bonchev–Trinajstić information content (AvgIpc) is 2.95. The molecule has 0 aliphatic carbocycles. The molecule has 0 aliphatic heterocycles. The van der Waals surface area contributed by atoms with Crippen molar-refractivity contribution in [3.8, 4) is 6.07 Å². The molecule has 0 aromatic carbocycles. The van der Waals surface area contributed by atoms with Crippen molar-refractivity contribution in [2.45, 2.75) is 26.3 Å². The van der Waals surface area contributed by atoms with Crippen molar-refractivity contribution in [2.24, 2.45) is 7.05 Å². The fourth-order valence-electron chi connectivity index (χ4n) is 1.87. The number of thiazole rings is 1. The van der Waals surface area contributed by atoms with Crippen LogP contribution in [0, 0.1) is 18.3 Å². The number of nitrogens with one attached hydrogen (secondary N) is 1. The molecule has 2 aromatic rings. The van der Waals surface area contributed by atoms with Crippen LogP contribution in [-0.4, -0.2) is 14.8 Å². The van der Waals surface area contributed by atoms with Crippen LogP contribution in [0.1, 0.15) is 35.7 Å². The maximum atomic E-state index is 9.17. The van der Waals surface area contributed by atoms with Gasteiger partial charge in [-0.05, 0) is 13.3 Å². The van der Waals surface area contributed by atoms with Crippen molar-refractivity contribution >= 4 is 17.2 Å². The van der Waals surface area contributed by atoms with E-state index in [0.717, 1.165) is 22.9 Å². The van der Waals surface area contributed by atoms with Crippen LogP contribution in [0.5, 0.6) is 0 Å². The zero-order valence-corrected chi connectivity index (χ0v) is 11.5. The summed E-state index contributed by atoms with van der Waals surface area (Å²) < 4.78 is 1.71. The number of hydrogen-bond donors (Lipinski definition) is 1. The molecule has 5 nitrogen and oxygen atoms in total. The maximum absolute atomic E-state index is 9.17. The Morgan fingerprint density at radius 3 is 2.94 bits per heavy atom. The molecule has 0 saturated carbocycles. The number of rotatable bonds is 4. The Morgan fingerprint density at radius 1 is 1.61 bits per heavy atom. The smallest absolute Gasteiger partial charge is 0.142 e. The van der Waals surface area contributed by atoms with Crippen LogP contribution in [0.25, 0.3) is 0 Å². The molecule has 0 bridgehead atoms. The molecule has 2 aromatic heterocycles. The van der Waals surface area contributed by atoms with Crippen LogP contribution in [0.15, 0.2) is 11.6 Å². The normalized spacial score (nSPS) is 12.1. The number of hydrogen-bond acceptors (Lipinski definition) is 5. The highest BCUT2D eigenvalue weighted by Gasteiger charge is 2.18. The molecule has 0 aliphatic rings. The molecule has 18 heavy (non-hydrogen) atoms. The van der Waals surface area contributed by atoms with Crippen LogP contribution in [0.4, 0.5) is 5.82 Å². The van der Waals surface area contributed by atoms with E-state index >= 15 is 0 Å². The highest BCUT2D eigenvalue weighted by molar-refractivity contribution is 7.09. The van der Waals surface area contributed by atoms with E-state index in [1.807, 2.05) is 19.4 Å². The minimum absolute atomic E-state index is 0.117. The molecule has 0 saturated heterocycles. The van der Waals surface area contributed by atoms with Crippen LogP contribution >= 0.6 is 11.3 Å². The van der Waals surface area contributed by atoms with Crippen molar-refractivity contribution in [3.05, 3.63) is 27.8 Å². The van der Waals surface area contributed by atoms with Crippen LogP contribution in [0.2, 0.25) is 0 Å². The zero-order valence-electron chi connectivity index (χ0n) is 10.6. The SMILES string of the molecule is CCC(Nc1c(C#N)c(C)nn1C)c1nccs1. The van der Waals surface area contributed by atoms with Gasteiger partial charge in [-0.1, -0.05) is 6.92 Å². The zero-order chi connectivity index (χ0) is 13.1. The van der Waals surface area contributed by atoms with E-state index in [1.165, 1.54) is 0 Å². The molecule has 1 unspecified atom stereocenters. The first kappa shape index (κ1) is 12.6. The predicted octanol–water partition coefficient (Wildman–Crippen LogP) is 2.62. The number of anilines is 1. The summed E-state index contributed by atoms with van der Waals surface area (Å²) in [7, 11) is 1.84. The summed E-state index contributed by atoms with van der Waals surface area (Å²) in [5.74, 6) is 0.761. The van der Waals surface area contributed by atoms with E-state index in [9.17, 15) is 5.26 Å². The summed E-state index contributed by atoms with van der Waals surface area (Å²) in [6, 6.07) is 2.31. The van der Waals surface area contributed by atoms with Crippen molar-refractivity contribution in [1.29, 1.82) is 5.26 Å². The van der Waals surface area contributed by atoms with Gasteiger partial charge in [0, 0.05) is 18.6 Å². The van der Waals surface area contributed by atoms with Crippen molar-refractivity contribution < 1.29 is 0 Å². The monoisotopic (exact) mass is 261 g/mol. The number of nitriles is 1. The molecule has 0 amide bonds. The first-order valence-electron chi connectivity index (χ1n) is 5.77. The fraction of sp³-hybridized carbons (Fsp3) is 0.417. The Hall–Kier alpha value is -1.87. The molecule has 2 rings (SSSR count). The van der Waals surface area contributed by atoms with Gasteiger partial charge in [0.05, 0.1) is 11.7 Å². The Bertz CT molecular complexity index is 564. The lowest BCUT2D eigenvalue weighted by molar-refractivity contribution is 0.701. The summed E-state index contributed by atoms with van der Waals surface area (Å²) in [5, 5.41) is 19.8. The van der Waals surface area contributed by atoms with Crippen molar-refractivity contribution in [3.63, 3.8) is 0 Å². The molecular weight excluding hydrogens is 246 g/mol. The van der Waals surface area contributed by atoms with Crippen LogP contribution in [-0.2, 0) is 7.05 Å².